The van der Waals surface area contributed by atoms with Crippen LogP contribution in [0.2, 0.25) is 0 Å². The van der Waals surface area contributed by atoms with Crippen LogP contribution in [0.25, 0.3) is 0 Å². The van der Waals surface area contributed by atoms with Gasteiger partial charge in [-0.3, -0.25) is 0 Å². The Morgan fingerprint density at radius 3 is 2.83 bits per heavy atom. The molecule has 66 valence electrons. The fraction of sp³-hybridized carbons (Fsp3) is 0.250. The minimum atomic E-state index is -1.69. The molecule has 2 nitrogen and oxygen atoms in total. The van der Waals surface area contributed by atoms with Crippen molar-refractivity contribution in [3.63, 3.8) is 0 Å². The lowest BCUT2D eigenvalue weighted by molar-refractivity contribution is 0.563. The topological polar surface area (TPSA) is 37.3 Å². The van der Waals surface area contributed by atoms with Gasteiger partial charge in [-0.05, 0) is 24.1 Å². The molecular weight excluding hydrogens is 240 g/mol. The summed E-state index contributed by atoms with van der Waals surface area (Å²) in [5.41, 5.74) is 1.08. The fourth-order valence-electron chi connectivity index (χ4n) is 0.898. The van der Waals surface area contributed by atoms with E-state index in [9.17, 15) is 4.21 Å². The van der Waals surface area contributed by atoms with E-state index in [0.717, 1.165) is 10.0 Å². The highest BCUT2D eigenvalue weighted by Crippen LogP contribution is 2.11. The molecule has 1 N–H and O–H groups in total. The standard InChI is InChI=1S/C8H9BrO2S/c9-8-3-1-2-7(6-8)4-5-12(10)11/h1-3,6H,4-5H2,(H,10,11). The summed E-state index contributed by atoms with van der Waals surface area (Å²) in [6.45, 7) is 0. The molecule has 0 saturated heterocycles. The third-order valence-electron chi connectivity index (χ3n) is 1.45. The average Bonchev–Trinajstić information content (AvgIpc) is 2.01. The summed E-state index contributed by atoms with van der Waals surface area (Å²) >= 11 is 1.64. The Kier molecular flexibility index (Phi) is 3.91. The Bertz CT molecular complexity index is 288. The quantitative estimate of drug-likeness (QED) is 0.834. The highest BCUT2D eigenvalue weighted by Gasteiger charge is 1.96. The van der Waals surface area contributed by atoms with E-state index >= 15 is 0 Å². The summed E-state index contributed by atoms with van der Waals surface area (Å²) in [5, 5.41) is 0. The van der Waals surface area contributed by atoms with Gasteiger partial charge < -0.3 is 4.55 Å². The van der Waals surface area contributed by atoms with Crippen LogP contribution in [0.5, 0.6) is 0 Å². The lowest BCUT2D eigenvalue weighted by Gasteiger charge is -1.98. The molecule has 0 fully saturated rings. The van der Waals surface area contributed by atoms with Crippen LogP contribution in [0.1, 0.15) is 5.56 Å². The first kappa shape index (κ1) is 9.89. The predicted octanol–water partition coefficient (Wildman–Crippen LogP) is 2.21. The van der Waals surface area contributed by atoms with Gasteiger partial charge in [0, 0.05) is 4.47 Å². The number of benzene rings is 1. The molecule has 1 atom stereocenters. The van der Waals surface area contributed by atoms with Crippen molar-refractivity contribution in [2.24, 2.45) is 0 Å². The van der Waals surface area contributed by atoms with Gasteiger partial charge in [0.2, 0.25) is 0 Å². The Labute approximate surface area is 82.4 Å². The van der Waals surface area contributed by atoms with Gasteiger partial charge in [0.15, 0.2) is 11.1 Å². The van der Waals surface area contributed by atoms with E-state index in [2.05, 4.69) is 15.9 Å². The summed E-state index contributed by atoms with van der Waals surface area (Å²) in [6.07, 6.45) is 0.641. The molecule has 0 heterocycles. The van der Waals surface area contributed by atoms with Crippen molar-refractivity contribution in [3.05, 3.63) is 34.3 Å². The molecule has 1 aromatic rings. The summed E-state index contributed by atoms with van der Waals surface area (Å²) in [6, 6.07) is 7.74. The van der Waals surface area contributed by atoms with Crippen molar-refractivity contribution >= 4 is 27.0 Å². The van der Waals surface area contributed by atoms with Crippen LogP contribution < -0.4 is 0 Å². The number of hydrogen-bond acceptors (Lipinski definition) is 1. The Hall–Kier alpha value is -0.190. The van der Waals surface area contributed by atoms with Gasteiger partial charge in [0.05, 0.1) is 5.75 Å². The normalized spacial score (nSPS) is 12.8. The molecule has 12 heavy (non-hydrogen) atoms. The van der Waals surface area contributed by atoms with E-state index in [1.54, 1.807) is 0 Å². The van der Waals surface area contributed by atoms with Gasteiger partial charge in [0.1, 0.15) is 0 Å². The maximum Gasteiger partial charge on any atom is 0.153 e. The highest BCUT2D eigenvalue weighted by molar-refractivity contribution is 9.10. The molecule has 0 amide bonds. The maximum absolute atomic E-state index is 10.4. The molecule has 0 aromatic heterocycles. The zero-order valence-corrected chi connectivity index (χ0v) is 8.77. The lowest BCUT2D eigenvalue weighted by Crippen LogP contribution is -1.98. The monoisotopic (exact) mass is 248 g/mol. The average molecular weight is 249 g/mol. The van der Waals surface area contributed by atoms with Crippen molar-refractivity contribution in [3.8, 4) is 0 Å². The van der Waals surface area contributed by atoms with Crippen molar-refractivity contribution in [1.29, 1.82) is 0 Å². The number of rotatable bonds is 3. The van der Waals surface area contributed by atoms with E-state index in [-0.39, 0.29) is 0 Å². The Balaban J connectivity index is 2.57. The number of hydrogen-bond donors (Lipinski definition) is 1. The second kappa shape index (κ2) is 4.74. The number of aryl methyl sites for hydroxylation is 1. The van der Waals surface area contributed by atoms with Crippen LogP contribution in [0, 0.1) is 0 Å². The minimum Gasteiger partial charge on any atom is -0.306 e. The molecule has 0 aliphatic heterocycles. The summed E-state index contributed by atoms with van der Waals surface area (Å²) < 4.78 is 19.9. The third-order valence-corrected chi connectivity index (χ3v) is 2.50. The van der Waals surface area contributed by atoms with Gasteiger partial charge in [-0.2, -0.15) is 0 Å². The molecule has 0 bridgehead atoms. The molecule has 0 spiro atoms. The highest BCUT2D eigenvalue weighted by atomic mass is 79.9. The molecule has 1 aromatic carbocycles. The first-order valence-electron chi connectivity index (χ1n) is 3.50. The molecule has 0 saturated carbocycles. The molecule has 0 radical (unpaired) electrons. The van der Waals surface area contributed by atoms with Crippen LogP contribution in [0.4, 0.5) is 0 Å². The van der Waals surface area contributed by atoms with E-state index in [1.165, 1.54) is 0 Å². The SMILES string of the molecule is O=S(O)CCc1cccc(Br)c1. The van der Waals surface area contributed by atoms with E-state index < -0.39 is 11.1 Å². The van der Waals surface area contributed by atoms with E-state index in [4.69, 9.17) is 4.55 Å². The van der Waals surface area contributed by atoms with Crippen molar-refractivity contribution in [2.45, 2.75) is 6.42 Å². The molecule has 0 aliphatic rings. The van der Waals surface area contributed by atoms with Crippen molar-refractivity contribution in [1.82, 2.24) is 0 Å². The lowest BCUT2D eigenvalue weighted by atomic mass is 10.2. The van der Waals surface area contributed by atoms with E-state index in [1.807, 2.05) is 24.3 Å². The summed E-state index contributed by atoms with van der Waals surface area (Å²) in [5.74, 6) is 0.302. The van der Waals surface area contributed by atoms with Gasteiger partial charge in [-0.15, -0.1) is 0 Å². The van der Waals surface area contributed by atoms with Gasteiger partial charge in [-0.1, -0.05) is 28.1 Å². The van der Waals surface area contributed by atoms with Crippen LogP contribution in [-0.2, 0) is 17.5 Å². The molecule has 4 heteroatoms. The van der Waals surface area contributed by atoms with Crippen LogP contribution >= 0.6 is 15.9 Å². The van der Waals surface area contributed by atoms with Gasteiger partial charge in [-0.25, -0.2) is 4.21 Å². The molecule has 1 unspecified atom stereocenters. The summed E-state index contributed by atoms with van der Waals surface area (Å²) in [7, 11) is 0. The van der Waals surface area contributed by atoms with Crippen LogP contribution in [0.15, 0.2) is 28.7 Å². The number of halogens is 1. The Morgan fingerprint density at radius 2 is 2.25 bits per heavy atom. The van der Waals surface area contributed by atoms with Crippen molar-refractivity contribution < 1.29 is 8.76 Å². The second-order valence-corrected chi connectivity index (χ2v) is 4.37. The minimum absolute atomic E-state index is 0.302. The zero-order valence-electron chi connectivity index (χ0n) is 6.37. The Morgan fingerprint density at radius 1 is 1.50 bits per heavy atom. The van der Waals surface area contributed by atoms with Crippen LogP contribution in [0.3, 0.4) is 0 Å². The predicted molar refractivity (Wildman–Crippen MR) is 53.5 cm³/mol. The summed E-state index contributed by atoms with van der Waals surface area (Å²) in [4.78, 5) is 0. The molecule has 0 aliphatic carbocycles. The maximum atomic E-state index is 10.4. The zero-order chi connectivity index (χ0) is 8.97. The molecule has 1 rings (SSSR count). The first-order chi connectivity index (χ1) is 5.68. The van der Waals surface area contributed by atoms with Crippen LogP contribution in [-0.4, -0.2) is 14.5 Å². The van der Waals surface area contributed by atoms with Gasteiger partial charge in [0.25, 0.3) is 0 Å². The smallest absolute Gasteiger partial charge is 0.153 e. The van der Waals surface area contributed by atoms with Crippen molar-refractivity contribution in [2.75, 3.05) is 5.75 Å². The largest absolute Gasteiger partial charge is 0.306 e. The molecular formula is C8H9BrO2S. The van der Waals surface area contributed by atoms with E-state index in [0.29, 0.717) is 12.2 Å². The fourth-order valence-corrected chi connectivity index (χ4v) is 1.75. The third kappa shape index (κ3) is 3.47. The van der Waals surface area contributed by atoms with Gasteiger partial charge >= 0.3 is 0 Å². The first-order valence-corrected chi connectivity index (χ1v) is 5.57. The second-order valence-electron chi connectivity index (χ2n) is 2.41.